The van der Waals surface area contributed by atoms with Crippen molar-refractivity contribution in [1.82, 2.24) is 4.31 Å². The van der Waals surface area contributed by atoms with E-state index >= 15 is 0 Å². The second-order valence-corrected chi connectivity index (χ2v) is 8.63. The third-order valence-electron chi connectivity index (χ3n) is 4.52. The Morgan fingerprint density at radius 3 is 2.64 bits per heavy atom. The number of benzene rings is 1. The number of rotatable bonds is 2. The average Bonchev–Trinajstić information content (AvgIpc) is 3.01. The number of hydrogen-bond acceptors (Lipinski definition) is 4. The maximum atomic E-state index is 12.7. The molecular weight excluding hydrogens is 390 g/mol. The molecule has 0 aromatic heterocycles. The number of nitriles is 1. The van der Waals surface area contributed by atoms with Gasteiger partial charge in [-0.1, -0.05) is 15.9 Å². The average molecular weight is 407 g/mol. The molecule has 1 heterocycles. The monoisotopic (exact) mass is 405 g/mol. The molecule has 2 fully saturated rings. The van der Waals surface area contributed by atoms with Gasteiger partial charge in [0.05, 0.1) is 16.5 Å². The fourth-order valence-electron chi connectivity index (χ4n) is 3.39. The van der Waals surface area contributed by atoms with Crippen molar-refractivity contribution in [2.75, 3.05) is 13.1 Å². The zero-order valence-electron chi connectivity index (χ0n) is 11.8. The SMILES string of the molecule is Cl.N#Cc1cc(Br)cc(S(=O)(=O)N2CC3CCC(N)C3C2)c1. The number of fused-ring (bicyclic) bond motifs is 1. The van der Waals surface area contributed by atoms with E-state index in [2.05, 4.69) is 15.9 Å². The van der Waals surface area contributed by atoms with Crippen molar-refractivity contribution in [1.29, 1.82) is 5.26 Å². The van der Waals surface area contributed by atoms with Gasteiger partial charge in [-0.3, -0.25) is 0 Å². The topological polar surface area (TPSA) is 87.2 Å². The van der Waals surface area contributed by atoms with Crippen molar-refractivity contribution in [3.63, 3.8) is 0 Å². The first-order chi connectivity index (χ1) is 9.91. The molecule has 5 nitrogen and oxygen atoms in total. The summed E-state index contributed by atoms with van der Waals surface area (Å²) < 4.78 is 27.6. The van der Waals surface area contributed by atoms with E-state index < -0.39 is 10.0 Å². The van der Waals surface area contributed by atoms with Gasteiger partial charge in [0.2, 0.25) is 10.0 Å². The van der Waals surface area contributed by atoms with E-state index in [9.17, 15) is 8.42 Å². The summed E-state index contributed by atoms with van der Waals surface area (Å²) in [5, 5.41) is 8.99. The van der Waals surface area contributed by atoms with Crippen LogP contribution in [-0.4, -0.2) is 31.9 Å². The molecule has 0 amide bonds. The third kappa shape index (κ3) is 3.03. The molecule has 1 aliphatic heterocycles. The van der Waals surface area contributed by atoms with Crippen LogP contribution in [0, 0.1) is 23.2 Å². The predicted octanol–water partition coefficient (Wildman–Crippen LogP) is 2.10. The van der Waals surface area contributed by atoms with Gasteiger partial charge in [0.1, 0.15) is 0 Å². The minimum atomic E-state index is -3.56. The van der Waals surface area contributed by atoms with E-state index in [1.165, 1.54) is 10.4 Å². The maximum absolute atomic E-state index is 12.7. The lowest BCUT2D eigenvalue weighted by Gasteiger charge is -2.19. The van der Waals surface area contributed by atoms with Gasteiger partial charge in [-0.25, -0.2) is 8.42 Å². The molecule has 2 aliphatic rings. The van der Waals surface area contributed by atoms with Gasteiger partial charge in [-0.05, 0) is 42.9 Å². The van der Waals surface area contributed by atoms with Gasteiger partial charge in [-0.2, -0.15) is 9.57 Å². The summed E-state index contributed by atoms with van der Waals surface area (Å²) in [5.41, 5.74) is 6.39. The van der Waals surface area contributed by atoms with E-state index in [-0.39, 0.29) is 29.3 Å². The normalized spacial score (nSPS) is 28.0. The number of nitrogens with zero attached hydrogens (tertiary/aromatic N) is 2. The molecule has 120 valence electrons. The fourth-order valence-corrected chi connectivity index (χ4v) is 5.64. The van der Waals surface area contributed by atoms with E-state index in [0.29, 0.717) is 29.0 Å². The second-order valence-electron chi connectivity index (χ2n) is 5.77. The van der Waals surface area contributed by atoms with E-state index in [0.717, 1.165) is 12.8 Å². The van der Waals surface area contributed by atoms with Gasteiger partial charge in [0.15, 0.2) is 0 Å². The first-order valence-electron chi connectivity index (χ1n) is 6.88. The molecule has 1 aromatic carbocycles. The zero-order chi connectivity index (χ0) is 15.2. The number of halogens is 2. The van der Waals surface area contributed by atoms with Crippen molar-refractivity contribution in [3.8, 4) is 6.07 Å². The number of nitrogens with two attached hydrogens (primary N) is 1. The van der Waals surface area contributed by atoms with Crippen molar-refractivity contribution >= 4 is 38.4 Å². The van der Waals surface area contributed by atoms with Crippen molar-refractivity contribution < 1.29 is 8.42 Å². The van der Waals surface area contributed by atoms with Crippen molar-refractivity contribution in [2.45, 2.75) is 23.8 Å². The predicted molar refractivity (Wildman–Crippen MR) is 89.1 cm³/mol. The standard InChI is InChI=1S/C14H16BrN3O2S.ClH/c15-11-3-9(6-16)4-12(5-11)21(19,20)18-7-10-1-2-14(17)13(10)8-18;/h3-5,10,13-14H,1-2,7-8,17H2;1H. The molecule has 1 saturated carbocycles. The molecule has 1 aromatic rings. The maximum Gasteiger partial charge on any atom is 0.243 e. The van der Waals surface area contributed by atoms with Gasteiger partial charge in [0.25, 0.3) is 0 Å². The molecule has 2 N–H and O–H groups in total. The Labute approximate surface area is 145 Å². The quantitative estimate of drug-likeness (QED) is 0.815. The fraction of sp³-hybridized carbons (Fsp3) is 0.500. The van der Waals surface area contributed by atoms with Gasteiger partial charge in [0, 0.05) is 23.6 Å². The molecule has 0 spiro atoms. The highest BCUT2D eigenvalue weighted by Gasteiger charge is 2.45. The molecule has 1 aliphatic carbocycles. The van der Waals surface area contributed by atoms with Crippen LogP contribution in [0.3, 0.4) is 0 Å². The van der Waals surface area contributed by atoms with Crippen LogP contribution < -0.4 is 5.73 Å². The van der Waals surface area contributed by atoms with Gasteiger partial charge >= 0.3 is 0 Å². The van der Waals surface area contributed by atoms with Crippen LogP contribution in [0.15, 0.2) is 27.6 Å². The highest BCUT2D eigenvalue weighted by molar-refractivity contribution is 9.10. The van der Waals surface area contributed by atoms with E-state index in [4.69, 9.17) is 11.0 Å². The molecule has 8 heteroatoms. The molecule has 0 radical (unpaired) electrons. The van der Waals surface area contributed by atoms with Crippen molar-refractivity contribution in [3.05, 3.63) is 28.2 Å². The molecule has 3 rings (SSSR count). The Balaban J connectivity index is 0.00000176. The van der Waals surface area contributed by atoms with Gasteiger partial charge in [-0.15, -0.1) is 12.4 Å². The summed E-state index contributed by atoms with van der Waals surface area (Å²) in [6.45, 7) is 1.03. The van der Waals surface area contributed by atoms with Crippen LogP contribution in [0.1, 0.15) is 18.4 Å². The highest BCUT2D eigenvalue weighted by atomic mass is 79.9. The van der Waals surface area contributed by atoms with E-state index in [1.54, 1.807) is 12.1 Å². The summed E-state index contributed by atoms with van der Waals surface area (Å²) >= 11 is 3.26. The number of sulfonamides is 1. The molecule has 22 heavy (non-hydrogen) atoms. The Kier molecular flexibility index (Phi) is 5.20. The van der Waals surface area contributed by atoms with Crippen LogP contribution >= 0.6 is 28.3 Å². The summed E-state index contributed by atoms with van der Waals surface area (Å²) in [6, 6.07) is 6.66. The third-order valence-corrected chi connectivity index (χ3v) is 6.78. The minimum Gasteiger partial charge on any atom is -0.327 e. The number of hydrogen-bond donors (Lipinski definition) is 1. The summed E-state index contributed by atoms with van der Waals surface area (Å²) in [6.07, 6.45) is 1.98. The van der Waals surface area contributed by atoms with Crippen LogP contribution in [0.2, 0.25) is 0 Å². The van der Waals surface area contributed by atoms with Crippen LogP contribution in [0.4, 0.5) is 0 Å². The van der Waals surface area contributed by atoms with E-state index in [1.807, 2.05) is 6.07 Å². The second kappa shape index (κ2) is 6.46. The first-order valence-corrected chi connectivity index (χ1v) is 9.11. The smallest absolute Gasteiger partial charge is 0.243 e. The summed E-state index contributed by atoms with van der Waals surface area (Å²) in [4.78, 5) is 0.168. The first kappa shape index (κ1) is 17.7. The summed E-state index contributed by atoms with van der Waals surface area (Å²) in [5.74, 6) is 0.639. The van der Waals surface area contributed by atoms with Gasteiger partial charge < -0.3 is 5.73 Å². The Bertz CT molecular complexity index is 719. The summed E-state index contributed by atoms with van der Waals surface area (Å²) in [7, 11) is -3.56. The molecule has 0 bridgehead atoms. The lowest BCUT2D eigenvalue weighted by Crippen LogP contribution is -2.33. The van der Waals surface area contributed by atoms with Crippen LogP contribution in [0.5, 0.6) is 0 Å². The molecule has 3 atom stereocenters. The lowest BCUT2D eigenvalue weighted by atomic mass is 9.98. The zero-order valence-corrected chi connectivity index (χ0v) is 15.0. The minimum absolute atomic E-state index is 0. The molecule has 1 saturated heterocycles. The van der Waals surface area contributed by atoms with Crippen molar-refractivity contribution in [2.24, 2.45) is 17.6 Å². The Hall–Kier alpha value is -0.650. The lowest BCUT2D eigenvalue weighted by molar-refractivity contribution is 0.427. The molecule has 3 unspecified atom stereocenters. The largest absolute Gasteiger partial charge is 0.327 e. The Morgan fingerprint density at radius 2 is 2.00 bits per heavy atom. The molecular formula is C14H17BrClN3O2S. The van der Waals surface area contributed by atoms with Crippen LogP contribution in [-0.2, 0) is 10.0 Å². The Morgan fingerprint density at radius 1 is 1.27 bits per heavy atom. The highest BCUT2D eigenvalue weighted by Crippen LogP contribution is 2.39. The van der Waals surface area contributed by atoms with Crippen LogP contribution in [0.25, 0.3) is 0 Å².